The van der Waals surface area contributed by atoms with E-state index in [1.54, 1.807) is 7.11 Å². The highest BCUT2D eigenvalue weighted by Crippen LogP contribution is 2.34. The Labute approximate surface area is 123 Å². The molecule has 1 aliphatic carbocycles. The SMILES string of the molecule is CONC1=CC(c2ccccc2)Cc2nc(N)nc(C)c21. The van der Waals surface area contributed by atoms with Crippen molar-refractivity contribution in [1.82, 2.24) is 15.4 Å². The Morgan fingerprint density at radius 3 is 2.71 bits per heavy atom. The Morgan fingerprint density at radius 1 is 1.24 bits per heavy atom. The summed E-state index contributed by atoms with van der Waals surface area (Å²) in [5.74, 6) is 0.557. The van der Waals surface area contributed by atoms with Crippen LogP contribution in [0, 0.1) is 6.92 Å². The second-order valence-corrected chi connectivity index (χ2v) is 5.10. The Bertz CT molecular complexity index is 682. The number of nitrogen functional groups attached to an aromatic ring is 1. The van der Waals surface area contributed by atoms with E-state index in [4.69, 9.17) is 10.6 Å². The van der Waals surface area contributed by atoms with E-state index in [9.17, 15) is 0 Å². The number of aromatic nitrogens is 2. The first-order chi connectivity index (χ1) is 10.2. The van der Waals surface area contributed by atoms with E-state index in [1.165, 1.54) is 5.56 Å². The highest BCUT2D eigenvalue weighted by atomic mass is 16.6. The van der Waals surface area contributed by atoms with Crippen LogP contribution >= 0.6 is 0 Å². The van der Waals surface area contributed by atoms with E-state index >= 15 is 0 Å². The molecule has 21 heavy (non-hydrogen) atoms. The molecule has 0 spiro atoms. The lowest BCUT2D eigenvalue weighted by molar-refractivity contribution is 0.136. The second-order valence-electron chi connectivity index (χ2n) is 5.10. The maximum atomic E-state index is 5.79. The molecule has 0 fully saturated rings. The zero-order valence-corrected chi connectivity index (χ0v) is 12.1. The van der Waals surface area contributed by atoms with Gasteiger partial charge in [0.05, 0.1) is 24.2 Å². The van der Waals surface area contributed by atoms with Gasteiger partial charge in [0, 0.05) is 17.9 Å². The molecule has 1 heterocycles. The van der Waals surface area contributed by atoms with E-state index in [2.05, 4.69) is 33.7 Å². The topological polar surface area (TPSA) is 73.1 Å². The number of benzene rings is 1. The number of fused-ring (bicyclic) bond motifs is 1. The molecular weight excluding hydrogens is 264 g/mol. The average molecular weight is 282 g/mol. The number of hydroxylamine groups is 1. The molecule has 2 aromatic rings. The van der Waals surface area contributed by atoms with Gasteiger partial charge < -0.3 is 5.73 Å². The van der Waals surface area contributed by atoms with Crippen molar-refractivity contribution in [2.24, 2.45) is 0 Å². The first kappa shape index (κ1) is 13.6. The van der Waals surface area contributed by atoms with E-state index in [1.807, 2.05) is 25.1 Å². The number of nitrogens with one attached hydrogen (secondary N) is 1. The number of rotatable bonds is 3. The third-order valence-electron chi connectivity index (χ3n) is 3.67. The molecule has 0 radical (unpaired) electrons. The van der Waals surface area contributed by atoms with Gasteiger partial charge >= 0.3 is 0 Å². The molecule has 5 heteroatoms. The minimum Gasteiger partial charge on any atom is -0.368 e. The van der Waals surface area contributed by atoms with Crippen LogP contribution in [-0.4, -0.2) is 17.1 Å². The van der Waals surface area contributed by atoms with Gasteiger partial charge in [-0.3, -0.25) is 10.3 Å². The normalized spacial score (nSPS) is 17.0. The largest absolute Gasteiger partial charge is 0.368 e. The van der Waals surface area contributed by atoms with Crippen molar-refractivity contribution in [2.75, 3.05) is 12.8 Å². The van der Waals surface area contributed by atoms with Gasteiger partial charge in [0.25, 0.3) is 0 Å². The van der Waals surface area contributed by atoms with Crippen LogP contribution in [-0.2, 0) is 11.3 Å². The highest BCUT2D eigenvalue weighted by Gasteiger charge is 2.24. The van der Waals surface area contributed by atoms with Gasteiger partial charge in [-0.05, 0) is 12.5 Å². The Hall–Kier alpha value is -2.40. The molecule has 1 aromatic carbocycles. The number of hydrogen-bond donors (Lipinski definition) is 2. The van der Waals surface area contributed by atoms with Crippen LogP contribution in [0.15, 0.2) is 36.4 Å². The minimum atomic E-state index is 0.241. The Kier molecular flexibility index (Phi) is 3.58. The summed E-state index contributed by atoms with van der Waals surface area (Å²) in [5, 5.41) is 0. The third kappa shape index (κ3) is 2.60. The van der Waals surface area contributed by atoms with Crippen LogP contribution in [0.1, 0.15) is 28.4 Å². The summed E-state index contributed by atoms with van der Waals surface area (Å²) in [6.07, 6.45) is 2.97. The van der Waals surface area contributed by atoms with Gasteiger partial charge in [-0.25, -0.2) is 9.97 Å². The van der Waals surface area contributed by atoms with Gasteiger partial charge in [-0.15, -0.1) is 0 Å². The van der Waals surface area contributed by atoms with Crippen LogP contribution in [0.4, 0.5) is 5.95 Å². The average Bonchev–Trinajstić information content (AvgIpc) is 2.47. The van der Waals surface area contributed by atoms with Gasteiger partial charge in [-0.1, -0.05) is 36.4 Å². The highest BCUT2D eigenvalue weighted by molar-refractivity contribution is 5.70. The lowest BCUT2D eigenvalue weighted by Gasteiger charge is -2.25. The molecule has 108 valence electrons. The predicted molar refractivity (Wildman–Crippen MR) is 82.2 cm³/mol. The number of aryl methyl sites for hydroxylation is 1. The summed E-state index contributed by atoms with van der Waals surface area (Å²) in [6, 6.07) is 10.3. The van der Waals surface area contributed by atoms with Crippen LogP contribution in [0.5, 0.6) is 0 Å². The van der Waals surface area contributed by atoms with Crippen molar-refractivity contribution in [2.45, 2.75) is 19.3 Å². The first-order valence-corrected chi connectivity index (χ1v) is 6.88. The van der Waals surface area contributed by atoms with Gasteiger partial charge in [-0.2, -0.15) is 0 Å². The molecule has 1 atom stereocenters. The van der Waals surface area contributed by atoms with Crippen LogP contribution < -0.4 is 11.2 Å². The number of anilines is 1. The molecule has 0 saturated carbocycles. The van der Waals surface area contributed by atoms with E-state index in [0.717, 1.165) is 29.1 Å². The molecule has 0 amide bonds. The van der Waals surface area contributed by atoms with E-state index < -0.39 is 0 Å². The summed E-state index contributed by atoms with van der Waals surface area (Å²) in [5.41, 5.74) is 13.7. The molecule has 0 aliphatic heterocycles. The molecule has 0 saturated heterocycles. The van der Waals surface area contributed by atoms with Crippen molar-refractivity contribution in [3.63, 3.8) is 0 Å². The standard InChI is InChI=1S/C16H18N4O/c1-10-15-13(19-16(17)18-10)8-12(9-14(15)20-21-2)11-6-4-3-5-7-11/h3-7,9,12,20H,8H2,1-2H3,(H2,17,18,19). The monoisotopic (exact) mass is 282 g/mol. The number of allylic oxidation sites excluding steroid dienone is 1. The molecule has 5 nitrogen and oxygen atoms in total. The van der Waals surface area contributed by atoms with E-state index in [-0.39, 0.29) is 5.92 Å². The lowest BCUT2D eigenvalue weighted by Crippen LogP contribution is -2.21. The van der Waals surface area contributed by atoms with Gasteiger partial charge in [0.2, 0.25) is 5.95 Å². The zero-order valence-electron chi connectivity index (χ0n) is 12.1. The number of nitrogens with two attached hydrogens (primary N) is 1. The fourth-order valence-corrected chi connectivity index (χ4v) is 2.81. The molecule has 1 aliphatic rings. The third-order valence-corrected chi connectivity index (χ3v) is 3.67. The molecule has 1 unspecified atom stereocenters. The Balaban J connectivity index is 2.08. The zero-order chi connectivity index (χ0) is 14.8. The molecule has 3 rings (SSSR count). The summed E-state index contributed by atoms with van der Waals surface area (Å²) in [4.78, 5) is 13.8. The molecular formula is C16H18N4O. The lowest BCUT2D eigenvalue weighted by atomic mass is 9.86. The van der Waals surface area contributed by atoms with Crippen molar-refractivity contribution < 1.29 is 4.84 Å². The summed E-state index contributed by atoms with van der Waals surface area (Å²) >= 11 is 0. The predicted octanol–water partition coefficient (Wildman–Crippen LogP) is 2.20. The minimum absolute atomic E-state index is 0.241. The fourth-order valence-electron chi connectivity index (χ4n) is 2.81. The summed E-state index contributed by atoms with van der Waals surface area (Å²) in [7, 11) is 1.60. The quantitative estimate of drug-likeness (QED) is 0.844. The number of hydrogen-bond acceptors (Lipinski definition) is 5. The van der Waals surface area contributed by atoms with Crippen molar-refractivity contribution in [3.05, 3.63) is 58.9 Å². The van der Waals surface area contributed by atoms with Crippen LogP contribution in [0.2, 0.25) is 0 Å². The van der Waals surface area contributed by atoms with Crippen LogP contribution in [0.25, 0.3) is 5.70 Å². The number of nitrogens with zero attached hydrogens (tertiary/aromatic N) is 2. The first-order valence-electron chi connectivity index (χ1n) is 6.88. The van der Waals surface area contributed by atoms with Gasteiger partial charge in [0.1, 0.15) is 0 Å². The smallest absolute Gasteiger partial charge is 0.220 e. The van der Waals surface area contributed by atoms with Crippen molar-refractivity contribution in [3.8, 4) is 0 Å². The van der Waals surface area contributed by atoms with Crippen molar-refractivity contribution >= 4 is 11.6 Å². The van der Waals surface area contributed by atoms with E-state index in [0.29, 0.717) is 5.95 Å². The second kappa shape index (κ2) is 5.54. The maximum Gasteiger partial charge on any atom is 0.220 e. The molecule has 3 N–H and O–H groups in total. The molecule has 0 bridgehead atoms. The summed E-state index contributed by atoms with van der Waals surface area (Å²) in [6.45, 7) is 1.94. The Morgan fingerprint density at radius 2 is 2.00 bits per heavy atom. The summed E-state index contributed by atoms with van der Waals surface area (Å²) < 4.78 is 0. The fraction of sp³-hybridized carbons (Fsp3) is 0.250. The molecule has 1 aromatic heterocycles. The van der Waals surface area contributed by atoms with Crippen molar-refractivity contribution in [1.29, 1.82) is 0 Å². The van der Waals surface area contributed by atoms with Crippen LogP contribution in [0.3, 0.4) is 0 Å². The van der Waals surface area contributed by atoms with Gasteiger partial charge in [0.15, 0.2) is 0 Å². The maximum absolute atomic E-state index is 5.79.